The number of carbonyl (C=O) groups excluding carboxylic acids is 1. The van der Waals surface area contributed by atoms with E-state index in [1.807, 2.05) is 5.57 Å². The minimum atomic E-state index is 0.216. The van der Waals surface area contributed by atoms with Crippen molar-refractivity contribution in [3.63, 3.8) is 0 Å². The highest BCUT2D eigenvalue weighted by Crippen LogP contribution is 2.71. The van der Waals surface area contributed by atoms with Crippen LogP contribution < -0.4 is 0 Å². The number of rotatable bonds is 0. The molecular weight excluding hydrogens is 268 g/mol. The van der Waals surface area contributed by atoms with E-state index in [4.69, 9.17) is 0 Å². The first-order valence-electron chi connectivity index (χ1n) is 9.17. The van der Waals surface area contributed by atoms with Crippen LogP contribution in [-0.4, -0.2) is 5.78 Å². The maximum atomic E-state index is 13.1. The first-order chi connectivity index (χ1) is 10.8. The van der Waals surface area contributed by atoms with E-state index in [9.17, 15) is 4.79 Å². The Morgan fingerprint density at radius 3 is 3.00 bits per heavy atom. The number of hydrogen-bond donors (Lipinski definition) is 0. The Labute approximate surface area is 131 Å². The van der Waals surface area contributed by atoms with E-state index in [1.54, 1.807) is 11.1 Å². The molecule has 1 saturated carbocycles. The number of ketones is 1. The monoisotopic (exact) mass is 290 g/mol. The Kier molecular flexibility index (Phi) is 2.06. The quantitative estimate of drug-likeness (QED) is 0.635. The minimum Gasteiger partial charge on any atom is -0.299 e. The van der Waals surface area contributed by atoms with Gasteiger partial charge in [0, 0.05) is 17.8 Å². The SMILES string of the molecule is O=C1CCc2cccc3c2C1C12CCC(C1)C1=C2CCCC13. The first kappa shape index (κ1) is 12.1. The van der Waals surface area contributed by atoms with Gasteiger partial charge >= 0.3 is 0 Å². The Morgan fingerprint density at radius 1 is 1.09 bits per heavy atom. The van der Waals surface area contributed by atoms with Crippen LogP contribution >= 0.6 is 0 Å². The predicted octanol–water partition coefficient (Wildman–Crippen LogP) is 4.66. The van der Waals surface area contributed by atoms with Gasteiger partial charge in [-0.05, 0) is 67.6 Å². The summed E-state index contributed by atoms with van der Waals surface area (Å²) in [6.45, 7) is 0. The third-order valence-corrected chi connectivity index (χ3v) is 7.64. The molecule has 0 amide bonds. The van der Waals surface area contributed by atoms with Crippen molar-refractivity contribution in [1.29, 1.82) is 0 Å². The first-order valence-corrected chi connectivity index (χ1v) is 9.17. The maximum Gasteiger partial charge on any atom is 0.141 e. The molecule has 0 heterocycles. The van der Waals surface area contributed by atoms with E-state index >= 15 is 0 Å². The highest BCUT2D eigenvalue weighted by atomic mass is 16.1. The van der Waals surface area contributed by atoms with Crippen LogP contribution in [0.15, 0.2) is 29.3 Å². The average molecular weight is 290 g/mol. The Balaban J connectivity index is 1.75. The lowest BCUT2D eigenvalue weighted by molar-refractivity contribution is -0.123. The molecule has 1 fully saturated rings. The summed E-state index contributed by atoms with van der Waals surface area (Å²) in [5, 5.41) is 0. The fourth-order valence-corrected chi connectivity index (χ4v) is 7.09. The zero-order chi connectivity index (χ0) is 14.5. The van der Waals surface area contributed by atoms with E-state index < -0.39 is 0 Å². The molecule has 5 bridgehead atoms. The third kappa shape index (κ3) is 1.16. The van der Waals surface area contributed by atoms with Gasteiger partial charge in [-0.1, -0.05) is 29.3 Å². The summed E-state index contributed by atoms with van der Waals surface area (Å²) in [6.07, 6.45) is 9.64. The van der Waals surface area contributed by atoms with E-state index in [-0.39, 0.29) is 11.3 Å². The molecule has 0 N–H and O–H groups in total. The van der Waals surface area contributed by atoms with Gasteiger partial charge < -0.3 is 0 Å². The normalized spacial score (nSPS) is 40.7. The summed E-state index contributed by atoms with van der Waals surface area (Å²) in [5.74, 6) is 2.24. The van der Waals surface area contributed by atoms with E-state index in [1.165, 1.54) is 49.7 Å². The fraction of sp³-hybridized carbons (Fsp3) is 0.571. The molecule has 0 saturated heterocycles. The van der Waals surface area contributed by atoms with Crippen LogP contribution in [0, 0.1) is 11.3 Å². The Hall–Kier alpha value is -1.37. The zero-order valence-electron chi connectivity index (χ0n) is 13.0. The second-order valence-electron chi connectivity index (χ2n) is 8.29. The molecular formula is C21H22O. The highest BCUT2D eigenvalue weighted by molar-refractivity contribution is 5.91. The van der Waals surface area contributed by atoms with Gasteiger partial charge in [0.2, 0.25) is 0 Å². The Bertz CT molecular complexity index is 755. The predicted molar refractivity (Wildman–Crippen MR) is 85.9 cm³/mol. The van der Waals surface area contributed by atoms with E-state index in [0.29, 0.717) is 11.7 Å². The largest absolute Gasteiger partial charge is 0.299 e. The molecule has 6 rings (SSSR count). The molecule has 5 aliphatic rings. The summed E-state index contributed by atoms with van der Waals surface area (Å²) in [4.78, 5) is 13.1. The number of allylic oxidation sites excluding steroid dienone is 2. The van der Waals surface area contributed by atoms with Gasteiger partial charge in [-0.15, -0.1) is 0 Å². The van der Waals surface area contributed by atoms with Gasteiger partial charge in [-0.3, -0.25) is 4.79 Å². The van der Waals surface area contributed by atoms with Gasteiger partial charge in [-0.2, -0.15) is 0 Å². The minimum absolute atomic E-state index is 0.216. The lowest BCUT2D eigenvalue weighted by Gasteiger charge is -2.40. The van der Waals surface area contributed by atoms with Crippen molar-refractivity contribution in [2.24, 2.45) is 11.3 Å². The number of benzene rings is 1. The maximum absolute atomic E-state index is 13.1. The summed E-state index contributed by atoms with van der Waals surface area (Å²) < 4.78 is 0. The number of Topliss-reactive ketones (excluding diaryl/α,β-unsaturated/α-hetero) is 1. The van der Waals surface area contributed by atoms with Gasteiger partial charge in [0.05, 0.1) is 5.92 Å². The van der Waals surface area contributed by atoms with Crippen LogP contribution in [0.3, 0.4) is 0 Å². The number of hydrogen-bond acceptors (Lipinski definition) is 1. The number of aryl methyl sites for hydroxylation is 1. The van der Waals surface area contributed by atoms with Crippen molar-refractivity contribution < 1.29 is 4.79 Å². The van der Waals surface area contributed by atoms with Gasteiger partial charge in [0.15, 0.2) is 0 Å². The van der Waals surface area contributed by atoms with Crippen LogP contribution in [0.1, 0.15) is 73.5 Å². The standard InChI is InChI=1S/C21H22O/c22-17-8-7-12-3-1-4-15-14-5-2-6-16-18(14)13-9-10-21(16,11-13)20(17)19(12)15/h1,3-4,13-14,20H,2,5-11H2. The molecule has 1 heteroatoms. The van der Waals surface area contributed by atoms with Crippen molar-refractivity contribution in [2.75, 3.05) is 0 Å². The lowest BCUT2D eigenvalue weighted by Crippen LogP contribution is -2.36. The van der Waals surface area contributed by atoms with Gasteiger partial charge in [0.1, 0.15) is 5.78 Å². The third-order valence-electron chi connectivity index (χ3n) is 7.64. The zero-order valence-corrected chi connectivity index (χ0v) is 13.0. The number of carbonyl (C=O) groups is 1. The summed E-state index contributed by atoms with van der Waals surface area (Å²) >= 11 is 0. The van der Waals surface area contributed by atoms with Crippen LogP contribution in [0.25, 0.3) is 0 Å². The number of fused-ring (bicyclic) bond motifs is 2. The van der Waals surface area contributed by atoms with Crippen LogP contribution in [-0.2, 0) is 11.2 Å². The van der Waals surface area contributed by atoms with Crippen molar-refractivity contribution in [1.82, 2.24) is 0 Å². The van der Waals surface area contributed by atoms with E-state index in [0.717, 1.165) is 18.8 Å². The van der Waals surface area contributed by atoms with Crippen LogP contribution in [0.5, 0.6) is 0 Å². The fourth-order valence-electron chi connectivity index (χ4n) is 7.09. The van der Waals surface area contributed by atoms with Crippen LogP contribution in [0.2, 0.25) is 0 Å². The van der Waals surface area contributed by atoms with Crippen molar-refractivity contribution in [3.8, 4) is 0 Å². The van der Waals surface area contributed by atoms with Gasteiger partial charge in [-0.25, -0.2) is 0 Å². The Morgan fingerprint density at radius 2 is 2.05 bits per heavy atom. The van der Waals surface area contributed by atoms with Crippen LogP contribution in [0.4, 0.5) is 0 Å². The van der Waals surface area contributed by atoms with Crippen molar-refractivity contribution >= 4 is 5.78 Å². The van der Waals surface area contributed by atoms with Gasteiger partial charge in [0.25, 0.3) is 0 Å². The average Bonchev–Trinajstić information content (AvgIpc) is 3.11. The molecule has 4 atom stereocenters. The topological polar surface area (TPSA) is 17.1 Å². The van der Waals surface area contributed by atoms with E-state index in [2.05, 4.69) is 18.2 Å². The van der Waals surface area contributed by atoms with Crippen molar-refractivity contribution in [3.05, 3.63) is 46.0 Å². The molecule has 1 aromatic carbocycles. The summed E-state index contributed by atoms with van der Waals surface area (Å²) in [7, 11) is 0. The molecule has 4 unspecified atom stereocenters. The molecule has 5 aliphatic carbocycles. The molecule has 0 aliphatic heterocycles. The second-order valence-corrected chi connectivity index (χ2v) is 8.29. The molecule has 1 nitrogen and oxygen atoms in total. The molecule has 22 heavy (non-hydrogen) atoms. The summed E-state index contributed by atoms with van der Waals surface area (Å²) in [5.41, 5.74) is 8.38. The smallest absolute Gasteiger partial charge is 0.141 e. The molecule has 0 aromatic heterocycles. The van der Waals surface area contributed by atoms with Crippen molar-refractivity contribution in [2.45, 2.75) is 63.2 Å². The molecule has 1 aromatic rings. The molecule has 1 spiro atoms. The summed E-state index contributed by atoms with van der Waals surface area (Å²) in [6, 6.07) is 6.93. The molecule has 0 radical (unpaired) electrons. The lowest BCUT2D eigenvalue weighted by atomic mass is 9.61. The molecule has 112 valence electrons. The highest BCUT2D eigenvalue weighted by Gasteiger charge is 2.61. The second kappa shape index (κ2) is 3.75.